The highest BCUT2D eigenvalue weighted by Crippen LogP contribution is 2.29. The Kier molecular flexibility index (Phi) is 9.35. The first-order valence-corrected chi connectivity index (χ1v) is 11.7. The van der Waals surface area contributed by atoms with Gasteiger partial charge in [-0.25, -0.2) is 4.98 Å². The highest BCUT2D eigenvalue weighted by molar-refractivity contribution is 5.99. The molecule has 33 heavy (non-hydrogen) atoms. The summed E-state index contributed by atoms with van der Waals surface area (Å²) in [6.45, 7) is 5.09. The Morgan fingerprint density at radius 3 is 2.48 bits per heavy atom. The lowest BCUT2D eigenvalue weighted by molar-refractivity contribution is -0.115. The Hall–Kier alpha value is -3.29. The van der Waals surface area contributed by atoms with Crippen LogP contribution in [0.25, 0.3) is 0 Å². The Morgan fingerprint density at radius 2 is 1.73 bits per heavy atom. The van der Waals surface area contributed by atoms with E-state index in [9.17, 15) is 9.59 Å². The van der Waals surface area contributed by atoms with Gasteiger partial charge < -0.3 is 24.8 Å². The molecule has 8 heteroatoms. The molecule has 3 rings (SSSR count). The van der Waals surface area contributed by atoms with Crippen LogP contribution in [0.1, 0.15) is 56.3 Å². The van der Waals surface area contributed by atoms with E-state index in [4.69, 9.17) is 14.2 Å². The van der Waals surface area contributed by atoms with Gasteiger partial charge in [0.2, 0.25) is 5.91 Å². The monoisotopic (exact) mass is 455 g/mol. The van der Waals surface area contributed by atoms with E-state index in [2.05, 4.69) is 15.6 Å². The molecular formula is C25H33N3O5. The molecule has 8 nitrogen and oxygen atoms in total. The zero-order chi connectivity index (χ0) is 23.5. The molecule has 2 aromatic rings. The Balaban J connectivity index is 1.54. The van der Waals surface area contributed by atoms with Crippen LogP contribution >= 0.6 is 0 Å². The third kappa shape index (κ3) is 7.37. The minimum atomic E-state index is -0.388. The number of anilines is 1. The van der Waals surface area contributed by atoms with Crippen molar-refractivity contribution in [2.45, 2.75) is 46.0 Å². The average molecular weight is 456 g/mol. The molecule has 0 bridgehead atoms. The summed E-state index contributed by atoms with van der Waals surface area (Å²) in [7, 11) is 0. The van der Waals surface area contributed by atoms with E-state index < -0.39 is 0 Å². The zero-order valence-corrected chi connectivity index (χ0v) is 19.4. The quantitative estimate of drug-likeness (QED) is 0.527. The first kappa shape index (κ1) is 24.4. The standard InChI is InChI=1S/C25H33N3O5/c1-3-31-20-13-12-19(15-22(20)32-4-2)25(30)27-16-23(29)28-24-21(11-8-14-26-24)33-17-18-9-6-5-7-10-18/h8,11-15,18H,3-7,9-10,16-17H2,1-2H3,(H,27,30)(H,26,28,29). The van der Waals surface area contributed by atoms with Crippen LogP contribution < -0.4 is 24.8 Å². The number of benzene rings is 1. The first-order chi connectivity index (χ1) is 16.1. The van der Waals surface area contributed by atoms with Crippen LogP contribution in [-0.4, -0.2) is 43.2 Å². The molecule has 1 saturated carbocycles. The predicted octanol–water partition coefficient (Wildman–Crippen LogP) is 4.21. The molecule has 1 aromatic carbocycles. The zero-order valence-electron chi connectivity index (χ0n) is 19.4. The van der Waals surface area contributed by atoms with Crippen molar-refractivity contribution in [2.24, 2.45) is 5.92 Å². The molecule has 178 valence electrons. The molecule has 0 radical (unpaired) electrons. The summed E-state index contributed by atoms with van der Waals surface area (Å²) in [4.78, 5) is 29.2. The Morgan fingerprint density at radius 1 is 0.970 bits per heavy atom. The van der Waals surface area contributed by atoms with E-state index in [1.165, 1.54) is 32.1 Å². The number of nitrogens with one attached hydrogen (secondary N) is 2. The second-order valence-electron chi connectivity index (χ2n) is 7.92. The van der Waals surface area contributed by atoms with Gasteiger partial charge in [0.15, 0.2) is 23.1 Å². The van der Waals surface area contributed by atoms with Gasteiger partial charge >= 0.3 is 0 Å². The predicted molar refractivity (Wildman–Crippen MR) is 126 cm³/mol. The van der Waals surface area contributed by atoms with Crippen molar-refractivity contribution in [2.75, 3.05) is 31.7 Å². The third-order valence-corrected chi connectivity index (χ3v) is 5.44. The second-order valence-corrected chi connectivity index (χ2v) is 7.92. The number of hydrogen-bond acceptors (Lipinski definition) is 6. The summed E-state index contributed by atoms with van der Waals surface area (Å²) in [5.41, 5.74) is 0.379. The summed E-state index contributed by atoms with van der Waals surface area (Å²) in [6, 6.07) is 8.50. The second kappa shape index (κ2) is 12.7. The van der Waals surface area contributed by atoms with E-state index in [0.29, 0.717) is 54.4 Å². The van der Waals surface area contributed by atoms with Gasteiger partial charge in [-0.1, -0.05) is 19.3 Å². The molecule has 1 fully saturated rings. The van der Waals surface area contributed by atoms with Gasteiger partial charge in [-0.3, -0.25) is 9.59 Å². The van der Waals surface area contributed by atoms with Crippen LogP contribution in [0.3, 0.4) is 0 Å². The molecule has 2 N–H and O–H groups in total. The number of ether oxygens (including phenoxy) is 3. The molecule has 1 aromatic heterocycles. The first-order valence-electron chi connectivity index (χ1n) is 11.7. The maximum atomic E-state index is 12.5. The number of amides is 2. The summed E-state index contributed by atoms with van der Waals surface area (Å²) < 4.78 is 17.0. The van der Waals surface area contributed by atoms with E-state index in [0.717, 1.165) is 0 Å². The average Bonchev–Trinajstić information content (AvgIpc) is 2.84. The van der Waals surface area contributed by atoms with Crippen LogP contribution in [0.4, 0.5) is 5.82 Å². The van der Waals surface area contributed by atoms with Crippen LogP contribution in [0.2, 0.25) is 0 Å². The molecule has 0 unspecified atom stereocenters. The van der Waals surface area contributed by atoms with E-state index >= 15 is 0 Å². The van der Waals surface area contributed by atoms with Crippen LogP contribution in [0, 0.1) is 5.92 Å². The van der Waals surface area contributed by atoms with Crippen LogP contribution in [0.5, 0.6) is 17.2 Å². The number of carbonyl (C=O) groups is 2. The number of nitrogens with zero attached hydrogens (tertiary/aromatic N) is 1. The van der Waals surface area contributed by atoms with Gasteiger partial charge in [0.1, 0.15) is 0 Å². The fourth-order valence-corrected chi connectivity index (χ4v) is 3.79. The third-order valence-electron chi connectivity index (χ3n) is 5.44. The number of aromatic nitrogens is 1. The SMILES string of the molecule is CCOc1ccc(C(=O)NCC(=O)Nc2ncccc2OCC2CCCCC2)cc1OCC. The van der Waals surface area contributed by atoms with Crippen molar-refractivity contribution in [3.63, 3.8) is 0 Å². The number of carbonyl (C=O) groups excluding carboxylic acids is 2. The maximum Gasteiger partial charge on any atom is 0.251 e. The van der Waals surface area contributed by atoms with E-state index in [1.807, 2.05) is 13.8 Å². The lowest BCUT2D eigenvalue weighted by Crippen LogP contribution is -2.33. The fourth-order valence-electron chi connectivity index (χ4n) is 3.79. The van der Waals surface area contributed by atoms with Crippen molar-refractivity contribution >= 4 is 17.6 Å². The van der Waals surface area contributed by atoms with Gasteiger partial charge in [0.25, 0.3) is 5.91 Å². The van der Waals surface area contributed by atoms with Crippen molar-refractivity contribution < 1.29 is 23.8 Å². The number of pyridine rings is 1. The molecule has 0 aliphatic heterocycles. The Labute approximate surface area is 195 Å². The van der Waals surface area contributed by atoms with Gasteiger partial charge in [0, 0.05) is 11.8 Å². The van der Waals surface area contributed by atoms with Gasteiger partial charge in [-0.05, 0) is 62.9 Å². The molecule has 0 atom stereocenters. The normalized spacial score (nSPS) is 13.8. The van der Waals surface area contributed by atoms with Crippen molar-refractivity contribution in [3.8, 4) is 17.2 Å². The summed E-state index contributed by atoms with van der Waals surface area (Å²) >= 11 is 0. The fraction of sp³-hybridized carbons (Fsp3) is 0.480. The lowest BCUT2D eigenvalue weighted by Gasteiger charge is -2.22. The van der Waals surface area contributed by atoms with Crippen molar-refractivity contribution in [1.82, 2.24) is 10.3 Å². The number of hydrogen-bond donors (Lipinski definition) is 2. The van der Waals surface area contributed by atoms with Crippen LogP contribution in [0.15, 0.2) is 36.5 Å². The van der Waals surface area contributed by atoms with Crippen molar-refractivity contribution in [3.05, 3.63) is 42.1 Å². The smallest absolute Gasteiger partial charge is 0.251 e. The van der Waals surface area contributed by atoms with Gasteiger partial charge in [0.05, 0.1) is 26.4 Å². The van der Waals surface area contributed by atoms with Crippen LogP contribution in [-0.2, 0) is 4.79 Å². The molecule has 0 saturated heterocycles. The summed E-state index contributed by atoms with van der Waals surface area (Å²) in [5, 5.41) is 5.36. The maximum absolute atomic E-state index is 12.5. The van der Waals surface area contributed by atoms with Gasteiger partial charge in [-0.2, -0.15) is 0 Å². The number of rotatable bonds is 11. The van der Waals surface area contributed by atoms with E-state index in [1.54, 1.807) is 36.5 Å². The van der Waals surface area contributed by atoms with Crippen molar-refractivity contribution in [1.29, 1.82) is 0 Å². The highest BCUT2D eigenvalue weighted by Gasteiger charge is 2.17. The molecular weight excluding hydrogens is 422 g/mol. The van der Waals surface area contributed by atoms with Gasteiger partial charge in [-0.15, -0.1) is 0 Å². The minimum Gasteiger partial charge on any atom is -0.490 e. The summed E-state index contributed by atoms with van der Waals surface area (Å²) in [5.74, 6) is 1.72. The molecule has 1 aliphatic carbocycles. The topological polar surface area (TPSA) is 98.8 Å². The molecule has 1 heterocycles. The highest BCUT2D eigenvalue weighted by atomic mass is 16.5. The minimum absolute atomic E-state index is 0.200. The largest absolute Gasteiger partial charge is 0.490 e. The summed E-state index contributed by atoms with van der Waals surface area (Å²) in [6.07, 6.45) is 7.71. The van der Waals surface area contributed by atoms with E-state index in [-0.39, 0.29) is 18.4 Å². The molecule has 0 spiro atoms. The lowest BCUT2D eigenvalue weighted by atomic mass is 9.90. The molecule has 2 amide bonds. The molecule has 1 aliphatic rings. The Bertz CT molecular complexity index is 928.